The van der Waals surface area contributed by atoms with Crippen LogP contribution in [-0.4, -0.2) is 6.54 Å². The third kappa shape index (κ3) is 3.11. The van der Waals surface area contributed by atoms with E-state index in [0.717, 1.165) is 40.2 Å². The second-order valence-electron chi connectivity index (χ2n) is 5.36. The van der Waals surface area contributed by atoms with Crippen LogP contribution in [0.15, 0.2) is 46.2 Å². The van der Waals surface area contributed by atoms with Gasteiger partial charge in [0.05, 0.1) is 0 Å². The molecule has 0 fully saturated rings. The maximum Gasteiger partial charge on any atom is 0.128 e. The Kier molecular flexibility index (Phi) is 4.27. The van der Waals surface area contributed by atoms with Gasteiger partial charge in [0.25, 0.3) is 0 Å². The molecule has 2 aromatic carbocycles. The molecule has 0 radical (unpaired) electrons. The highest BCUT2D eigenvalue weighted by Crippen LogP contribution is 2.37. The Morgan fingerprint density at radius 1 is 1.14 bits per heavy atom. The average molecular weight is 305 g/mol. The summed E-state index contributed by atoms with van der Waals surface area (Å²) in [5, 5.41) is 0. The lowest BCUT2D eigenvalue weighted by atomic mass is 9.82. The van der Waals surface area contributed by atoms with Crippen molar-refractivity contribution in [3.05, 3.63) is 59.2 Å². The van der Waals surface area contributed by atoms with Crippen molar-refractivity contribution in [3.63, 3.8) is 0 Å². The second kappa shape index (κ2) is 6.16. The number of halogens is 2. The molecule has 0 unspecified atom stereocenters. The Morgan fingerprint density at radius 2 is 2.00 bits per heavy atom. The summed E-state index contributed by atoms with van der Waals surface area (Å²) in [6, 6.07) is 9.93. The Morgan fingerprint density at radius 3 is 2.76 bits per heavy atom. The van der Waals surface area contributed by atoms with E-state index >= 15 is 0 Å². The number of fused-ring (bicyclic) bond motifs is 1. The topological polar surface area (TPSA) is 26.0 Å². The van der Waals surface area contributed by atoms with E-state index in [9.17, 15) is 8.78 Å². The molecule has 0 saturated heterocycles. The fourth-order valence-corrected chi connectivity index (χ4v) is 3.91. The van der Waals surface area contributed by atoms with Gasteiger partial charge >= 0.3 is 0 Å². The van der Waals surface area contributed by atoms with E-state index < -0.39 is 0 Å². The van der Waals surface area contributed by atoms with Crippen LogP contribution in [0.25, 0.3) is 0 Å². The SMILES string of the molecule is NC[C@@H]1CCCc2cc(Sc3cccc(F)c3)cc(F)c21. The zero-order chi connectivity index (χ0) is 14.8. The van der Waals surface area contributed by atoms with E-state index in [0.29, 0.717) is 6.54 Å². The summed E-state index contributed by atoms with van der Waals surface area (Å²) in [5.74, 6) is -0.329. The van der Waals surface area contributed by atoms with Crippen molar-refractivity contribution in [2.24, 2.45) is 5.73 Å². The smallest absolute Gasteiger partial charge is 0.128 e. The van der Waals surface area contributed by atoms with Crippen molar-refractivity contribution < 1.29 is 8.78 Å². The first-order chi connectivity index (χ1) is 10.2. The lowest BCUT2D eigenvalue weighted by Crippen LogP contribution is -2.19. The summed E-state index contributed by atoms with van der Waals surface area (Å²) < 4.78 is 27.6. The summed E-state index contributed by atoms with van der Waals surface area (Å²) in [6.45, 7) is 0.486. The molecule has 0 aromatic heterocycles. The summed E-state index contributed by atoms with van der Waals surface area (Å²) in [7, 11) is 0. The van der Waals surface area contributed by atoms with Crippen molar-refractivity contribution >= 4 is 11.8 Å². The van der Waals surface area contributed by atoms with E-state index in [4.69, 9.17) is 5.73 Å². The van der Waals surface area contributed by atoms with Gasteiger partial charge in [-0.05, 0) is 73.2 Å². The molecule has 2 N–H and O–H groups in total. The zero-order valence-electron chi connectivity index (χ0n) is 11.6. The van der Waals surface area contributed by atoms with Crippen molar-refractivity contribution in [2.45, 2.75) is 35.0 Å². The summed E-state index contributed by atoms with van der Waals surface area (Å²) in [6.07, 6.45) is 2.89. The molecule has 2 aromatic rings. The van der Waals surface area contributed by atoms with Crippen LogP contribution in [0.4, 0.5) is 8.78 Å². The molecule has 1 nitrogen and oxygen atoms in total. The monoisotopic (exact) mass is 305 g/mol. The normalized spacial score (nSPS) is 17.6. The van der Waals surface area contributed by atoms with Crippen LogP contribution >= 0.6 is 11.8 Å². The van der Waals surface area contributed by atoms with E-state index in [2.05, 4.69) is 0 Å². The van der Waals surface area contributed by atoms with Gasteiger partial charge in [-0.3, -0.25) is 0 Å². The molecular formula is C17H17F2NS. The lowest BCUT2D eigenvalue weighted by molar-refractivity contribution is 0.510. The molecule has 1 aliphatic rings. The van der Waals surface area contributed by atoms with Crippen LogP contribution in [0.1, 0.15) is 29.9 Å². The first-order valence-electron chi connectivity index (χ1n) is 7.13. The molecule has 3 rings (SSSR count). The van der Waals surface area contributed by atoms with Crippen molar-refractivity contribution in [3.8, 4) is 0 Å². The highest BCUT2D eigenvalue weighted by Gasteiger charge is 2.23. The van der Waals surface area contributed by atoms with Crippen LogP contribution in [-0.2, 0) is 6.42 Å². The Bertz CT molecular complexity index is 657. The number of hydrogen-bond acceptors (Lipinski definition) is 2. The van der Waals surface area contributed by atoms with E-state index in [1.807, 2.05) is 12.1 Å². The minimum Gasteiger partial charge on any atom is -0.330 e. The van der Waals surface area contributed by atoms with Crippen LogP contribution in [0.5, 0.6) is 0 Å². The molecule has 1 atom stereocenters. The number of aryl methyl sites for hydroxylation is 1. The number of benzene rings is 2. The molecule has 4 heteroatoms. The molecule has 0 heterocycles. The quantitative estimate of drug-likeness (QED) is 0.904. The van der Waals surface area contributed by atoms with Gasteiger partial charge in [-0.2, -0.15) is 0 Å². The van der Waals surface area contributed by atoms with E-state index in [-0.39, 0.29) is 17.6 Å². The summed E-state index contributed by atoms with van der Waals surface area (Å²) >= 11 is 1.39. The van der Waals surface area contributed by atoms with Crippen LogP contribution in [0.2, 0.25) is 0 Å². The zero-order valence-corrected chi connectivity index (χ0v) is 12.4. The molecular weight excluding hydrogens is 288 g/mol. The molecule has 0 amide bonds. The standard InChI is InChI=1S/C17H17F2NS/c18-13-5-2-6-14(8-13)21-15-7-11-3-1-4-12(10-20)17(11)16(19)9-15/h2,5-9,12H,1,3-4,10,20H2/t12-/m0/s1. The highest BCUT2D eigenvalue weighted by molar-refractivity contribution is 7.99. The van der Waals surface area contributed by atoms with Gasteiger partial charge in [-0.25, -0.2) is 8.78 Å². The fourth-order valence-electron chi connectivity index (χ4n) is 2.96. The molecule has 0 spiro atoms. The predicted octanol–water partition coefficient (Wildman–Crippen LogP) is 4.49. The van der Waals surface area contributed by atoms with Gasteiger partial charge in [0.15, 0.2) is 0 Å². The highest BCUT2D eigenvalue weighted by atomic mass is 32.2. The van der Waals surface area contributed by atoms with Crippen molar-refractivity contribution in [1.82, 2.24) is 0 Å². The largest absolute Gasteiger partial charge is 0.330 e. The van der Waals surface area contributed by atoms with Gasteiger partial charge in [0.1, 0.15) is 11.6 Å². The van der Waals surface area contributed by atoms with Crippen LogP contribution < -0.4 is 5.73 Å². The third-order valence-electron chi connectivity index (χ3n) is 3.91. The lowest BCUT2D eigenvalue weighted by Gasteiger charge is -2.25. The molecule has 1 aliphatic carbocycles. The second-order valence-corrected chi connectivity index (χ2v) is 6.51. The van der Waals surface area contributed by atoms with Gasteiger partial charge in [-0.1, -0.05) is 17.8 Å². The summed E-state index contributed by atoms with van der Waals surface area (Å²) in [4.78, 5) is 1.59. The Hall–Kier alpha value is -1.39. The van der Waals surface area contributed by atoms with Gasteiger partial charge < -0.3 is 5.73 Å². The molecule has 110 valence electrons. The maximum atomic E-state index is 14.4. The maximum absolute atomic E-state index is 14.4. The molecule has 21 heavy (non-hydrogen) atoms. The van der Waals surface area contributed by atoms with Crippen molar-refractivity contribution in [2.75, 3.05) is 6.54 Å². The minimum absolute atomic E-state index is 0.127. The number of nitrogens with two attached hydrogens (primary N) is 1. The van der Waals surface area contributed by atoms with Crippen LogP contribution in [0.3, 0.4) is 0 Å². The first-order valence-corrected chi connectivity index (χ1v) is 7.95. The molecule has 0 aliphatic heterocycles. The van der Waals surface area contributed by atoms with E-state index in [1.165, 1.54) is 23.9 Å². The predicted molar refractivity (Wildman–Crippen MR) is 81.7 cm³/mol. The van der Waals surface area contributed by atoms with Gasteiger partial charge in [0, 0.05) is 9.79 Å². The molecule has 0 bridgehead atoms. The third-order valence-corrected chi connectivity index (χ3v) is 4.87. The van der Waals surface area contributed by atoms with Crippen molar-refractivity contribution in [1.29, 1.82) is 0 Å². The summed E-state index contributed by atoms with van der Waals surface area (Å²) in [5.41, 5.74) is 7.59. The van der Waals surface area contributed by atoms with E-state index in [1.54, 1.807) is 12.1 Å². The number of rotatable bonds is 3. The number of hydrogen-bond donors (Lipinski definition) is 1. The van der Waals surface area contributed by atoms with Gasteiger partial charge in [-0.15, -0.1) is 0 Å². The minimum atomic E-state index is -0.276. The average Bonchev–Trinajstić information content (AvgIpc) is 2.46. The van der Waals surface area contributed by atoms with Crippen LogP contribution in [0, 0.1) is 11.6 Å². The Labute approximate surface area is 127 Å². The van der Waals surface area contributed by atoms with Gasteiger partial charge in [0.2, 0.25) is 0 Å². The first kappa shape index (κ1) is 14.5. The Balaban J connectivity index is 1.93. The molecule has 0 saturated carbocycles. The fraction of sp³-hybridized carbons (Fsp3) is 0.294.